The Morgan fingerprint density at radius 2 is 2.11 bits per heavy atom. The molecule has 94 valence electrons. The van der Waals surface area contributed by atoms with Gasteiger partial charge in [0.15, 0.2) is 0 Å². The quantitative estimate of drug-likeness (QED) is 0.603. The van der Waals surface area contributed by atoms with Gasteiger partial charge in [0.05, 0.1) is 0 Å². The van der Waals surface area contributed by atoms with Crippen molar-refractivity contribution in [2.75, 3.05) is 6.54 Å². The Morgan fingerprint density at radius 1 is 1.28 bits per heavy atom. The second-order valence-corrected chi connectivity index (χ2v) is 4.13. The summed E-state index contributed by atoms with van der Waals surface area (Å²) in [6.07, 6.45) is 4.12. The van der Waals surface area contributed by atoms with Gasteiger partial charge >= 0.3 is 0 Å². The maximum absolute atomic E-state index is 13.0. The third-order valence-corrected chi connectivity index (χ3v) is 2.65. The highest BCUT2D eigenvalue weighted by molar-refractivity contribution is 5.18. The highest BCUT2D eigenvalue weighted by atomic mass is 19.1. The fourth-order valence-electron chi connectivity index (χ4n) is 1.80. The van der Waals surface area contributed by atoms with Crippen molar-refractivity contribution in [2.45, 2.75) is 13.0 Å². The summed E-state index contributed by atoms with van der Waals surface area (Å²) in [4.78, 5) is 9.94. The van der Waals surface area contributed by atoms with Crippen LogP contribution in [0.25, 0.3) is 0 Å². The van der Waals surface area contributed by atoms with E-state index >= 15 is 0 Å². The SMILES string of the molecule is O=[N+]([O-])CCc1ccn(Cc2cccc(F)c2)c1. The van der Waals surface area contributed by atoms with Gasteiger partial charge in [0, 0.05) is 30.3 Å². The minimum Gasteiger partial charge on any atom is -0.350 e. The Hall–Kier alpha value is -2.17. The first-order chi connectivity index (χ1) is 8.63. The van der Waals surface area contributed by atoms with Gasteiger partial charge in [0.25, 0.3) is 0 Å². The van der Waals surface area contributed by atoms with Gasteiger partial charge in [-0.3, -0.25) is 10.1 Å². The summed E-state index contributed by atoms with van der Waals surface area (Å²) in [6.45, 7) is 0.500. The van der Waals surface area contributed by atoms with Crippen LogP contribution in [-0.4, -0.2) is 16.0 Å². The summed E-state index contributed by atoms with van der Waals surface area (Å²) in [6, 6.07) is 8.25. The van der Waals surface area contributed by atoms with Crippen LogP contribution >= 0.6 is 0 Å². The van der Waals surface area contributed by atoms with Gasteiger partial charge in [-0.25, -0.2) is 4.39 Å². The van der Waals surface area contributed by atoms with E-state index in [0.29, 0.717) is 13.0 Å². The van der Waals surface area contributed by atoms with Crippen molar-refractivity contribution in [3.05, 3.63) is 69.8 Å². The highest BCUT2D eigenvalue weighted by Gasteiger charge is 2.03. The zero-order valence-electron chi connectivity index (χ0n) is 9.75. The number of nitro groups is 1. The predicted molar refractivity (Wildman–Crippen MR) is 65.5 cm³/mol. The molecule has 0 spiro atoms. The number of hydrogen-bond acceptors (Lipinski definition) is 2. The van der Waals surface area contributed by atoms with Crippen molar-refractivity contribution < 1.29 is 9.31 Å². The average Bonchev–Trinajstić information content (AvgIpc) is 2.74. The highest BCUT2D eigenvalue weighted by Crippen LogP contribution is 2.08. The lowest BCUT2D eigenvalue weighted by Gasteiger charge is -2.03. The van der Waals surface area contributed by atoms with Crippen LogP contribution in [0.2, 0.25) is 0 Å². The molecule has 2 aromatic rings. The monoisotopic (exact) mass is 248 g/mol. The molecule has 1 aromatic carbocycles. The molecule has 0 saturated carbocycles. The molecule has 0 N–H and O–H groups in total. The van der Waals surface area contributed by atoms with E-state index < -0.39 is 0 Å². The molecular formula is C13H13FN2O2. The zero-order chi connectivity index (χ0) is 13.0. The molecule has 0 radical (unpaired) electrons. The normalized spacial score (nSPS) is 10.5. The molecule has 2 rings (SSSR count). The molecule has 0 fully saturated rings. The van der Waals surface area contributed by atoms with Crippen LogP contribution in [0.3, 0.4) is 0 Å². The van der Waals surface area contributed by atoms with Crippen molar-refractivity contribution >= 4 is 0 Å². The Kier molecular flexibility index (Phi) is 3.72. The van der Waals surface area contributed by atoms with E-state index in [0.717, 1.165) is 11.1 Å². The molecule has 0 aliphatic heterocycles. The maximum atomic E-state index is 13.0. The Bertz CT molecular complexity index is 551. The predicted octanol–water partition coefficient (Wildman–Crippen LogP) is 2.49. The standard InChI is InChI=1S/C13H13FN2O2/c14-13-3-1-2-12(8-13)10-15-6-4-11(9-15)5-7-16(17)18/h1-4,6,8-9H,5,7,10H2. The molecular weight excluding hydrogens is 235 g/mol. The summed E-state index contributed by atoms with van der Waals surface area (Å²) in [7, 11) is 0. The van der Waals surface area contributed by atoms with Gasteiger partial charge in [0.2, 0.25) is 6.54 Å². The summed E-state index contributed by atoms with van der Waals surface area (Å²) >= 11 is 0. The van der Waals surface area contributed by atoms with Crippen molar-refractivity contribution in [3.63, 3.8) is 0 Å². The summed E-state index contributed by atoms with van der Waals surface area (Å²) in [5.41, 5.74) is 1.79. The maximum Gasteiger partial charge on any atom is 0.207 e. The topological polar surface area (TPSA) is 48.1 Å². The summed E-state index contributed by atoms with van der Waals surface area (Å²) < 4.78 is 14.9. The van der Waals surface area contributed by atoms with Crippen LogP contribution in [-0.2, 0) is 13.0 Å². The first kappa shape index (κ1) is 12.3. The number of nitrogens with zero attached hydrogens (tertiary/aromatic N) is 2. The van der Waals surface area contributed by atoms with Crippen LogP contribution in [0.5, 0.6) is 0 Å². The third-order valence-electron chi connectivity index (χ3n) is 2.65. The van der Waals surface area contributed by atoms with Gasteiger partial charge in [-0.15, -0.1) is 0 Å². The minimum atomic E-state index is -0.329. The van der Waals surface area contributed by atoms with Crippen molar-refractivity contribution in [2.24, 2.45) is 0 Å². The summed E-state index contributed by atoms with van der Waals surface area (Å²) in [5.74, 6) is -0.256. The molecule has 0 amide bonds. The molecule has 0 saturated heterocycles. The second-order valence-electron chi connectivity index (χ2n) is 4.13. The molecule has 0 aliphatic carbocycles. The van der Waals surface area contributed by atoms with E-state index in [1.54, 1.807) is 6.07 Å². The lowest BCUT2D eigenvalue weighted by atomic mass is 10.2. The fraction of sp³-hybridized carbons (Fsp3) is 0.231. The number of hydrogen-bond donors (Lipinski definition) is 0. The van der Waals surface area contributed by atoms with Crippen molar-refractivity contribution in [3.8, 4) is 0 Å². The number of rotatable bonds is 5. The van der Waals surface area contributed by atoms with Gasteiger partial charge in [0.1, 0.15) is 5.82 Å². The van der Waals surface area contributed by atoms with Crippen LogP contribution in [0.1, 0.15) is 11.1 Å². The molecule has 0 aliphatic rings. The molecule has 0 atom stereocenters. The first-order valence-corrected chi connectivity index (χ1v) is 5.64. The number of benzene rings is 1. The Balaban J connectivity index is 2.00. The molecule has 18 heavy (non-hydrogen) atoms. The van der Waals surface area contributed by atoms with Gasteiger partial charge in [-0.1, -0.05) is 12.1 Å². The van der Waals surface area contributed by atoms with Gasteiger partial charge in [-0.05, 0) is 29.3 Å². The molecule has 1 heterocycles. The number of aromatic nitrogens is 1. The largest absolute Gasteiger partial charge is 0.350 e. The van der Waals surface area contributed by atoms with E-state index in [2.05, 4.69) is 0 Å². The molecule has 1 aromatic heterocycles. The lowest BCUT2D eigenvalue weighted by molar-refractivity contribution is -0.479. The van der Waals surface area contributed by atoms with E-state index in [1.165, 1.54) is 12.1 Å². The van der Waals surface area contributed by atoms with E-state index in [-0.39, 0.29) is 17.3 Å². The summed E-state index contributed by atoms with van der Waals surface area (Å²) in [5, 5.41) is 10.3. The van der Waals surface area contributed by atoms with E-state index in [4.69, 9.17) is 0 Å². The van der Waals surface area contributed by atoms with Crippen LogP contribution in [0.4, 0.5) is 4.39 Å². The first-order valence-electron chi connectivity index (χ1n) is 5.64. The van der Waals surface area contributed by atoms with Crippen LogP contribution in [0.15, 0.2) is 42.7 Å². The molecule has 0 bridgehead atoms. The van der Waals surface area contributed by atoms with Crippen molar-refractivity contribution in [1.82, 2.24) is 4.57 Å². The van der Waals surface area contributed by atoms with E-state index in [9.17, 15) is 14.5 Å². The molecule has 0 unspecified atom stereocenters. The number of halogens is 1. The molecule has 5 heteroatoms. The van der Waals surface area contributed by atoms with Gasteiger partial charge in [-0.2, -0.15) is 0 Å². The zero-order valence-corrected chi connectivity index (χ0v) is 9.75. The van der Waals surface area contributed by atoms with E-state index in [1.807, 2.05) is 29.1 Å². The fourth-order valence-corrected chi connectivity index (χ4v) is 1.80. The van der Waals surface area contributed by atoms with Crippen LogP contribution < -0.4 is 0 Å². The average molecular weight is 248 g/mol. The smallest absolute Gasteiger partial charge is 0.207 e. The Morgan fingerprint density at radius 3 is 2.83 bits per heavy atom. The van der Waals surface area contributed by atoms with Crippen LogP contribution in [0, 0.1) is 15.9 Å². The Labute approximate surface area is 104 Å². The van der Waals surface area contributed by atoms with Crippen molar-refractivity contribution in [1.29, 1.82) is 0 Å². The minimum absolute atomic E-state index is 0.0655. The third kappa shape index (κ3) is 3.41. The second kappa shape index (κ2) is 5.44. The lowest BCUT2D eigenvalue weighted by Crippen LogP contribution is -2.03. The van der Waals surface area contributed by atoms with Gasteiger partial charge < -0.3 is 4.57 Å². The molecule has 4 nitrogen and oxygen atoms in total.